The van der Waals surface area contributed by atoms with Crippen molar-refractivity contribution in [2.75, 3.05) is 5.75 Å². The molecule has 1 N–H and O–H groups in total. The summed E-state index contributed by atoms with van der Waals surface area (Å²) in [5.41, 5.74) is 0.967. The van der Waals surface area contributed by atoms with Gasteiger partial charge in [0.15, 0.2) is 5.16 Å². The second-order valence-corrected chi connectivity index (χ2v) is 10.2. The highest BCUT2D eigenvalue weighted by atomic mass is 32.2. The Kier molecular flexibility index (Phi) is 6.48. The first kappa shape index (κ1) is 22.0. The molecular formula is C23H26FN3O2S2. The lowest BCUT2D eigenvalue weighted by Crippen LogP contribution is -2.33. The van der Waals surface area contributed by atoms with Crippen molar-refractivity contribution in [2.45, 2.75) is 57.7 Å². The number of thiophene rings is 1. The molecule has 31 heavy (non-hydrogen) atoms. The molecule has 0 saturated heterocycles. The van der Waals surface area contributed by atoms with Crippen LogP contribution in [0.5, 0.6) is 0 Å². The highest BCUT2D eigenvalue weighted by molar-refractivity contribution is 7.99. The SMILES string of the molecule is CCC(C)NC(=O)CSc1nc2sc3c(c2c(=O)n1-c1ccccc1F)CCC(C)C3. The average molecular weight is 460 g/mol. The molecule has 2 unspecified atom stereocenters. The second-order valence-electron chi connectivity index (χ2n) is 8.18. The molecule has 1 aromatic carbocycles. The number of nitrogens with zero attached hydrogens (tertiary/aromatic N) is 2. The van der Waals surface area contributed by atoms with Crippen LogP contribution in [-0.4, -0.2) is 27.3 Å². The van der Waals surface area contributed by atoms with E-state index in [-0.39, 0.29) is 28.9 Å². The van der Waals surface area contributed by atoms with Gasteiger partial charge < -0.3 is 5.32 Å². The van der Waals surface area contributed by atoms with Crippen molar-refractivity contribution in [3.8, 4) is 5.69 Å². The molecule has 0 spiro atoms. The van der Waals surface area contributed by atoms with E-state index in [2.05, 4.69) is 12.2 Å². The van der Waals surface area contributed by atoms with Gasteiger partial charge in [-0.1, -0.05) is 37.7 Å². The molecule has 1 aliphatic carbocycles. The van der Waals surface area contributed by atoms with Gasteiger partial charge in [0.25, 0.3) is 5.56 Å². The molecule has 0 bridgehead atoms. The van der Waals surface area contributed by atoms with E-state index in [1.807, 2.05) is 13.8 Å². The number of amides is 1. The number of benzene rings is 1. The lowest BCUT2D eigenvalue weighted by molar-refractivity contribution is -0.119. The average Bonchev–Trinajstić information content (AvgIpc) is 3.10. The topological polar surface area (TPSA) is 64.0 Å². The minimum Gasteiger partial charge on any atom is -0.353 e. The first-order valence-corrected chi connectivity index (χ1v) is 12.4. The van der Waals surface area contributed by atoms with Crippen LogP contribution in [0.15, 0.2) is 34.2 Å². The molecule has 0 fully saturated rings. The number of thioether (sulfide) groups is 1. The summed E-state index contributed by atoms with van der Waals surface area (Å²) in [5.74, 6) is 0.0636. The Morgan fingerprint density at radius 1 is 1.42 bits per heavy atom. The molecule has 3 aromatic rings. The Morgan fingerprint density at radius 3 is 2.94 bits per heavy atom. The van der Waals surface area contributed by atoms with E-state index >= 15 is 0 Å². The van der Waals surface area contributed by atoms with Gasteiger partial charge in [0.1, 0.15) is 10.6 Å². The summed E-state index contributed by atoms with van der Waals surface area (Å²) in [6.07, 6.45) is 3.65. The van der Waals surface area contributed by atoms with Gasteiger partial charge in [0.05, 0.1) is 16.8 Å². The maximum atomic E-state index is 14.7. The molecule has 0 aliphatic heterocycles. The largest absolute Gasteiger partial charge is 0.353 e. The number of halogens is 1. The molecule has 1 amide bonds. The number of nitrogens with one attached hydrogen (secondary N) is 1. The number of rotatable bonds is 6. The van der Waals surface area contributed by atoms with Crippen LogP contribution >= 0.6 is 23.1 Å². The highest BCUT2D eigenvalue weighted by Crippen LogP contribution is 2.37. The Bertz CT molecular complexity index is 1190. The van der Waals surface area contributed by atoms with Crippen molar-refractivity contribution in [2.24, 2.45) is 5.92 Å². The fraction of sp³-hybridized carbons (Fsp3) is 0.435. The molecule has 5 nitrogen and oxygen atoms in total. The van der Waals surface area contributed by atoms with Crippen LogP contribution in [0.1, 0.15) is 44.1 Å². The zero-order valence-electron chi connectivity index (χ0n) is 17.9. The zero-order valence-corrected chi connectivity index (χ0v) is 19.5. The van der Waals surface area contributed by atoms with Gasteiger partial charge in [0, 0.05) is 10.9 Å². The van der Waals surface area contributed by atoms with Crippen molar-refractivity contribution in [1.29, 1.82) is 0 Å². The lowest BCUT2D eigenvalue weighted by atomic mass is 9.89. The van der Waals surface area contributed by atoms with Crippen molar-refractivity contribution < 1.29 is 9.18 Å². The van der Waals surface area contributed by atoms with Crippen LogP contribution < -0.4 is 10.9 Å². The van der Waals surface area contributed by atoms with E-state index in [1.165, 1.54) is 27.3 Å². The minimum atomic E-state index is -0.491. The summed E-state index contributed by atoms with van der Waals surface area (Å²) in [7, 11) is 0. The first-order chi connectivity index (χ1) is 14.9. The highest BCUT2D eigenvalue weighted by Gasteiger charge is 2.26. The first-order valence-electron chi connectivity index (χ1n) is 10.6. The third kappa shape index (κ3) is 4.41. The third-order valence-electron chi connectivity index (χ3n) is 5.74. The smallest absolute Gasteiger partial charge is 0.267 e. The normalized spacial score (nSPS) is 16.8. The monoisotopic (exact) mass is 459 g/mol. The fourth-order valence-corrected chi connectivity index (χ4v) is 6.10. The van der Waals surface area contributed by atoms with Gasteiger partial charge in [-0.15, -0.1) is 11.3 Å². The predicted molar refractivity (Wildman–Crippen MR) is 125 cm³/mol. The zero-order chi connectivity index (χ0) is 22.1. The Morgan fingerprint density at radius 2 is 2.19 bits per heavy atom. The number of para-hydroxylation sites is 1. The van der Waals surface area contributed by atoms with Crippen LogP contribution in [0.25, 0.3) is 15.9 Å². The van der Waals surface area contributed by atoms with E-state index in [0.29, 0.717) is 21.3 Å². The van der Waals surface area contributed by atoms with E-state index < -0.39 is 5.82 Å². The molecule has 2 atom stereocenters. The summed E-state index contributed by atoms with van der Waals surface area (Å²) in [5, 5.41) is 3.86. The standard InChI is InChI=1S/C23H26FN3O2S2/c1-4-14(3)25-19(28)12-30-23-26-21-20(15-10-9-13(2)11-18(15)31-21)22(29)27(23)17-8-6-5-7-16(17)24/h5-8,13-14H,4,9-12H2,1-3H3,(H,25,28). The molecule has 0 radical (unpaired) electrons. The summed E-state index contributed by atoms with van der Waals surface area (Å²) >= 11 is 2.72. The van der Waals surface area contributed by atoms with Crippen LogP contribution in [0.3, 0.4) is 0 Å². The molecular weight excluding hydrogens is 433 g/mol. The number of aromatic nitrogens is 2. The van der Waals surface area contributed by atoms with Crippen LogP contribution in [-0.2, 0) is 17.6 Å². The predicted octanol–water partition coefficient (Wildman–Crippen LogP) is 4.72. The Labute approximate surface area is 189 Å². The van der Waals surface area contributed by atoms with Crippen LogP contribution in [0.2, 0.25) is 0 Å². The second kappa shape index (κ2) is 9.12. The molecule has 1 aliphatic rings. The van der Waals surface area contributed by atoms with Gasteiger partial charge in [0.2, 0.25) is 5.91 Å². The van der Waals surface area contributed by atoms with Crippen molar-refractivity contribution in [3.63, 3.8) is 0 Å². The van der Waals surface area contributed by atoms with Gasteiger partial charge >= 0.3 is 0 Å². The van der Waals surface area contributed by atoms with Gasteiger partial charge in [-0.25, -0.2) is 9.37 Å². The van der Waals surface area contributed by atoms with Gasteiger partial charge in [-0.2, -0.15) is 0 Å². The Balaban J connectivity index is 1.82. The molecule has 8 heteroatoms. The van der Waals surface area contributed by atoms with Crippen LogP contribution in [0, 0.1) is 11.7 Å². The third-order valence-corrected chi connectivity index (χ3v) is 7.83. The quantitative estimate of drug-likeness (QED) is 0.428. The van der Waals surface area contributed by atoms with Crippen molar-refractivity contribution >= 4 is 39.2 Å². The molecule has 2 aromatic heterocycles. The number of fused-ring (bicyclic) bond motifs is 3. The van der Waals surface area contributed by atoms with E-state index in [4.69, 9.17) is 4.98 Å². The number of aryl methyl sites for hydroxylation is 1. The summed E-state index contributed by atoms with van der Waals surface area (Å²) in [6, 6.07) is 6.28. The lowest BCUT2D eigenvalue weighted by Gasteiger charge is -2.18. The number of hydrogen-bond acceptors (Lipinski definition) is 5. The van der Waals surface area contributed by atoms with E-state index in [0.717, 1.165) is 31.2 Å². The maximum absolute atomic E-state index is 14.7. The fourth-order valence-electron chi connectivity index (χ4n) is 3.86. The number of hydrogen-bond donors (Lipinski definition) is 1. The summed E-state index contributed by atoms with van der Waals surface area (Å²) in [6.45, 7) is 6.16. The van der Waals surface area contributed by atoms with Crippen LogP contribution in [0.4, 0.5) is 4.39 Å². The van der Waals surface area contributed by atoms with E-state index in [9.17, 15) is 14.0 Å². The number of carbonyl (C=O) groups is 1. The summed E-state index contributed by atoms with van der Waals surface area (Å²) in [4.78, 5) is 32.6. The molecule has 4 rings (SSSR count). The van der Waals surface area contributed by atoms with Crippen molar-refractivity contribution in [3.05, 3.63) is 50.9 Å². The molecule has 0 saturated carbocycles. The minimum absolute atomic E-state index is 0.0725. The van der Waals surface area contributed by atoms with Gasteiger partial charge in [-0.05, 0) is 56.2 Å². The molecule has 2 heterocycles. The number of carbonyl (C=O) groups excluding carboxylic acids is 1. The van der Waals surface area contributed by atoms with Crippen molar-refractivity contribution in [1.82, 2.24) is 14.9 Å². The molecule has 164 valence electrons. The maximum Gasteiger partial charge on any atom is 0.267 e. The van der Waals surface area contributed by atoms with Gasteiger partial charge in [-0.3, -0.25) is 14.2 Å². The van der Waals surface area contributed by atoms with E-state index in [1.54, 1.807) is 29.5 Å². The summed E-state index contributed by atoms with van der Waals surface area (Å²) < 4.78 is 16.0. The Hall–Kier alpha value is -2.19.